The Labute approximate surface area is 108 Å². The summed E-state index contributed by atoms with van der Waals surface area (Å²) in [5.41, 5.74) is 0.429. The lowest BCUT2D eigenvalue weighted by atomic mass is 10.2. The summed E-state index contributed by atoms with van der Waals surface area (Å²) in [6, 6.07) is 3.03. The van der Waals surface area contributed by atoms with Crippen molar-refractivity contribution in [3.05, 3.63) is 41.1 Å². The maximum Gasteiger partial charge on any atom is 0.339 e. The second kappa shape index (κ2) is 4.97. The maximum atomic E-state index is 11.3. The summed E-state index contributed by atoms with van der Waals surface area (Å²) in [5.74, 6) is -0.484. The Hall–Kier alpha value is -2.57. The number of aryl methyl sites for hydroxylation is 1. The van der Waals surface area contributed by atoms with Gasteiger partial charge in [-0.1, -0.05) is 0 Å². The standard InChI is InChI=1S/C12H13N3O4/c1-7-9(12(17)18)5-8(19-7)6-15-4-3-10(14-15)11(16)13-2/h3-5H,6H2,1-2H3,(H,13,16)(H,17,18). The maximum absolute atomic E-state index is 11.3. The number of hydrogen-bond acceptors (Lipinski definition) is 4. The van der Waals surface area contributed by atoms with Gasteiger partial charge in [-0.25, -0.2) is 4.79 Å². The number of hydrogen-bond donors (Lipinski definition) is 2. The molecule has 0 aliphatic heterocycles. The lowest BCUT2D eigenvalue weighted by Gasteiger charge is -1.97. The van der Waals surface area contributed by atoms with Gasteiger partial charge in [-0.2, -0.15) is 5.10 Å². The van der Waals surface area contributed by atoms with Gasteiger partial charge in [-0.05, 0) is 19.1 Å². The zero-order chi connectivity index (χ0) is 14.0. The van der Waals surface area contributed by atoms with Crippen LogP contribution in [-0.4, -0.2) is 33.8 Å². The monoisotopic (exact) mass is 263 g/mol. The number of carboxylic acids is 1. The zero-order valence-electron chi connectivity index (χ0n) is 10.5. The van der Waals surface area contributed by atoms with E-state index in [1.165, 1.54) is 17.8 Å². The number of carbonyl (C=O) groups excluding carboxylic acids is 1. The van der Waals surface area contributed by atoms with E-state index in [0.29, 0.717) is 17.2 Å². The molecule has 1 amide bonds. The molecule has 0 aliphatic carbocycles. The zero-order valence-corrected chi connectivity index (χ0v) is 10.5. The highest BCUT2D eigenvalue weighted by molar-refractivity contribution is 5.91. The molecule has 19 heavy (non-hydrogen) atoms. The Morgan fingerprint density at radius 3 is 2.84 bits per heavy atom. The van der Waals surface area contributed by atoms with Crippen LogP contribution < -0.4 is 5.32 Å². The van der Waals surface area contributed by atoms with Crippen LogP contribution in [0.15, 0.2) is 22.7 Å². The summed E-state index contributed by atoms with van der Waals surface area (Å²) in [6.45, 7) is 1.86. The van der Waals surface area contributed by atoms with Gasteiger partial charge in [0.2, 0.25) is 0 Å². The molecular formula is C12H13N3O4. The molecule has 2 N–H and O–H groups in total. The van der Waals surface area contributed by atoms with E-state index in [4.69, 9.17) is 9.52 Å². The van der Waals surface area contributed by atoms with Gasteiger partial charge in [-0.15, -0.1) is 0 Å². The van der Waals surface area contributed by atoms with Crippen LogP contribution >= 0.6 is 0 Å². The van der Waals surface area contributed by atoms with E-state index in [-0.39, 0.29) is 18.0 Å². The first-order valence-corrected chi connectivity index (χ1v) is 5.59. The van der Waals surface area contributed by atoms with Crippen molar-refractivity contribution in [3.8, 4) is 0 Å². The Bertz CT molecular complexity index is 627. The molecular weight excluding hydrogens is 250 g/mol. The number of rotatable bonds is 4. The summed E-state index contributed by atoms with van der Waals surface area (Å²) in [5, 5.41) is 15.4. The fourth-order valence-electron chi connectivity index (χ4n) is 1.69. The molecule has 0 bridgehead atoms. The molecule has 2 aromatic rings. The third-order valence-electron chi connectivity index (χ3n) is 2.62. The summed E-state index contributed by atoms with van der Waals surface area (Å²) in [7, 11) is 1.52. The normalized spacial score (nSPS) is 10.4. The van der Waals surface area contributed by atoms with Crippen LogP contribution in [-0.2, 0) is 6.54 Å². The van der Waals surface area contributed by atoms with Crippen molar-refractivity contribution in [2.45, 2.75) is 13.5 Å². The van der Waals surface area contributed by atoms with Crippen LogP contribution in [0.3, 0.4) is 0 Å². The number of aromatic nitrogens is 2. The minimum Gasteiger partial charge on any atom is -0.478 e. The minimum atomic E-state index is -1.03. The van der Waals surface area contributed by atoms with Crippen LogP contribution in [0.2, 0.25) is 0 Å². The summed E-state index contributed by atoms with van der Waals surface area (Å²) < 4.78 is 6.84. The highest BCUT2D eigenvalue weighted by atomic mass is 16.4. The predicted octanol–water partition coefficient (Wildman–Crippen LogP) is 0.891. The van der Waals surface area contributed by atoms with Crippen molar-refractivity contribution in [1.29, 1.82) is 0 Å². The number of carboxylic acid groups (broad SMARTS) is 1. The van der Waals surface area contributed by atoms with E-state index < -0.39 is 5.97 Å². The molecule has 2 heterocycles. The van der Waals surface area contributed by atoms with Crippen molar-refractivity contribution < 1.29 is 19.1 Å². The van der Waals surface area contributed by atoms with Gasteiger partial charge in [0.25, 0.3) is 5.91 Å². The van der Waals surface area contributed by atoms with Crippen molar-refractivity contribution >= 4 is 11.9 Å². The summed E-state index contributed by atoms with van der Waals surface area (Å²) in [6.07, 6.45) is 1.63. The largest absolute Gasteiger partial charge is 0.478 e. The van der Waals surface area contributed by atoms with E-state index in [1.807, 2.05) is 0 Å². The van der Waals surface area contributed by atoms with Crippen molar-refractivity contribution in [1.82, 2.24) is 15.1 Å². The molecule has 2 rings (SSSR count). The van der Waals surface area contributed by atoms with E-state index in [2.05, 4.69) is 10.4 Å². The Morgan fingerprint density at radius 2 is 2.26 bits per heavy atom. The first kappa shape index (κ1) is 12.9. The number of furan rings is 1. The van der Waals surface area contributed by atoms with Gasteiger partial charge in [0.05, 0.1) is 6.54 Å². The highest BCUT2D eigenvalue weighted by Crippen LogP contribution is 2.15. The molecule has 0 aliphatic rings. The van der Waals surface area contributed by atoms with Gasteiger partial charge in [0.15, 0.2) is 0 Å². The first-order chi connectivity index (χ1) is 9.01. The fourth-order valence-corrected chi connectivity index (χ4v) is 1.69. The quantitative estimate of drug-likeness (QED) is 0.853. The van der Waals surface area contributed by atoms with Crippen molar-refractivity contribution in [2.75, 3.05) is 7.05 Å². The number of amides is 1. The Morgan fingerprint density at radius 1 is 1.53 bits per heavy atom. The van der Waals surface area contributed by atoms with Crippen LogP contribution in [0, 0.1) is 6.92 Å². The number of nitrogens with zero attached hydrogens (tertiary/aromatic N) is 2. The predicted molar refractivity (Wildman–Crippen MR) is 65.1 cm³/mol. The van der Waals surface area contributed by atoms with E-state index in [9.17, 15) is 9.59 Å². The molecule has 0 fully saturated rings. The summed E-state index contributed by atoms with van der Waals surface area (Å²) in [4.78, 5) is 22.2. The molecule has 0 unspecified atom stereocenters. The van der Waals surface area contributed by atoms with Crippen molar-refractivity contribution in [3.63, 3.8) is 0 Å². The second-order valence-electron chi connectivity index (χ2n) is 3.97. The highest BCUT2D eigenvalue weighted by Gasteiger charge is 2.14. The van der Waals surface area contributed by atoms with Crippen LogP contribution in [0.1, 0.15) is 32.4 Å². The van der Waals surface area contributed by atoms with Crippen LogP contribution in [0.25, 0.3) is 0 Å². The smallest absolute Gasteiger partial charge is 0.339 e. The Balaban J connectivity index is 2.17. The number of aromatic carboxylic acids is 1. The topological polar surface area (TPSA) is 97.4 Å². The SMILES string of the molecule is CNC(=O)c1ccn(Cc2cc(C(=O)O)c(C)o2)n1. The molecule has 0 saturated carbocycles. The van der Waals surface area contributed by atoms with Gasteiger partial charge in [-0.3, -0.25) is 9.48 Å². The first-order valence-electron chi connectivity index (χ1n) is 5.59. The van der Waals surface area contributed by atoms with Crippen molar-refractivity contribution in [2.24, 2.45) is 0 Å². The minimum absolute atomic E-state index is 0.133. The van der Waals surface area contributed by atoms with Crippen LogP contribution in [0.4, 0.5) is 0 Å². The average Bonchev–Trinajstić information content (AvgIpc) is 2.95. The fraction of sp³-hybridized carbons (Fsp3) is 0.250. The molecule has 2 aromatic heterocycles. The number of nitrogens with one attached hydrogen (secondary N) is 1. The molecule has 0 spiro atoms. The van der Waals surface area contributed by atoms with Crippen LogP contribution in [0.5, 0.6) is 0 Å². The Kier molecular flexibility index (Phi) is 3.37. The second-order valence-corrected chi connectivity index (χ2v) is 3.97. The van der Waals surface area contributed by atoms with E-state index in [0.717, 1.165) is 0 Å². The molecule has 0 radical (unpaired) electrons. The summed E-state index contributed by atoms with van der Waals surface area (Å²) >= 11 is 0. The molecule has 7 nitrogen and oxygen atoms in total. The van der Waals surface area contributed by atoms with Gasteiger partial charge in [0.1, 0.15) is 22.8 Å². The molecule has 0 saturated heterocycles. The molecule has 100 valence electrons. The van der Waals surface area contributed by atoms with Gasteiger partial charge < -0.3 is 14.8 Å². The third-order valence-corrected chi connectivity index (χ3v) is 2.62. The van der Waals surface area contributed by atoms with Gasteiger partial charge >= 0.3 is 5.97 Å². The lowest BCUT2D eigenvalue weighted by Crippen LogP contribution is -2.18. The third kappa shape index (κ3) is 2.65. The lowest BCUT2D eigenvalue weighted by molar-refractivity contribution is 0.0694. The van der Waals surface area contributed by atoms with Gasteiger partial charge in [0, 0.05) is 13.2 Å². The van der Waals surface area contributed by atoms with E-state index in [1.54, 1.807) is 19.2 Å². The average molecular weight is 263 g/mol. The molecule has 0 aromatic carbocycles. The number of carbonyl (C=O) groups is 2. The van der Waals surface area contributed by atoms with E-state index >= 15 is 0 Å². The molecule has 0 atom stereocenters. The molecule has 7 heteroatoms.